The number of ether oxygens (including phenoxy) is 8. The fourth-order valence-electron chi connectivity index (χ4n) is 5.21. The summed E-state index contributed by atoms with van der Waals surface area (Å²) in [7, 11) is 0. The van der Waals surface area contributed by atoms with E-state index in [9.17, 15) is 29.1 Å². The van der Waals surface area contributed by atoms with Crippen molar-refractivity contribution in [3.63, 3.8) is 0 Å². The summed E-state index contributed by atoms with van der Waals surface area (Å²) in [4.78, 5) is 65.2. The molecule has 2 atom stereocenters. The molecule has 0 radical (unpaired) electrons. The molecule has 3 rings (SSSR count). The summed E-state index contributed by atoms with van der Waals surface area (Å²) >= 11 is 0. The summed E-state index contributed by atoms with van der Waals surface area (Å²) < 4.78 is 40.9. The van der Waals surface area contributed by atoms with Crippen LogP contribution < -0.4 is 0 Å². The quantitative estimate of drug-likeness (QED) is 0.104. The van der Waals surface area contributed by atoms with E-state index in [0.29, 0.717) is 90.8 Å². The summed E-state index contributed by atoms with van der Waals surface area (Å²) in [5.74, 6) is -1.35. The Balaban J connectivity index is 1.32. The molecule has 46 heavy (non-hydrogen) atoms. The largest absolute Gasteiger partial charge is 0.511 e. The van der Waals surface area contributed by atoms with Gasteiger partial charge in [-0.05, 0) is 44.9 Å². The second-order valence-electron chi connectivity index (χ2n) is 11.2. The maximum Gasteiger partial charge on any atom is 0.511 e. The molecule has 0 aromatic heterocycles. The van der Waals surface area contributed by atoms with Gasteiger partial charge in [-0.3, -0.25) is 14.3 Å². The fraction of sp³-hybridized carbons (Fsp3) is 0.833. The number of rotatable bonds is 17. The van der Waals surface area contributed by atoms with Gasteiger partial charge in [0.05, 0.1) is 19.3 Å². The predicted molar refractivity (Wildman–Crippen MR) is 156 cm³/mol. The predicted octanol–water partition coefficient (Wildman–Crippen LogP) is 2.58. The van der Waals surface area contributed by atoms with E-state index in [1.54, 1.807) is 0 Å². The van der Waals surface area contributed by atoms with Crippen molar-refractivity contribution < 1.29 is 67.0 Å². The van der Waals surface area contributed by atoms with E-state index in [1.165, 1.54) is 4.90 Å². The highest BCUT2D eigenvalue weighted by molar-refractivity contribution is 5.92. The van der Waals surface area contributed by atoms with Gasteiger partial charge in [0.1, 0.15) is 12.1 Å². The molecule has 1 N–H and O–H groups in total. The molecule has 3 aliphatic rings. The normalized spacial score (nSPS) is 19.7. The Bertz CT molecular complexity index is 969. The van der Waals surface area contributed by atoms with Crippen LogP contribution in [-0.4, -0.2) is 123 Å². The highest BCUT2D eigenvalue weighted by atomic mass is 16.8. The zero-order chi connectivity index (χ0) is 33.1. The second kappa shape index (κ2) is 20.9. The monoisotopic (exact) mass is 660 g/mol. The SMILES string of the molecule is CCCCN(C(=O)CCCCC(=O)N1CCC[C@@H]1C(=O)OCOC(O)OC1CCOCC1)C(=O)OCOC(=O)OC1CCOCC1. The molecule has 0 aliphatic carbocycles. The van der Waals surface area contributed by atoms with Gasteiger partial charge in [0.15, 0.2) is 6.79 Å². The van der Waals surface area contributed by atoms with Gasteiger partial charge in [-0.2, -0.15) is 0 Å². The van der Waals surface area contributed by atoms with Crippen LogP contribution >= 0.6 is 0 Å². The number of hydrogen-bond acceptors (Lipinski definition) is 14. The van der Waals surface area contributed by atoms with E-state index in [0.717, 1.165) is 11.3 Å². The van der Waals surface area contributed by atoms with Gasteiger partial charge in [-0.1, -0.05) is 13.3 Å². The number of likely N-dealkylation sites (tertiary alicyclic amines) is 1. The number of carbonyl (C=O) groups excluding carboxylic acids is 5. The van der Waals surface area contributed by atoms with Crippen LogP contribution in [0.25, 0.3) is 0 Å². The highest BCUT2D eigenvalue weighted by Gasteiger charge is 2.35. The minimum Gasteiger partial charge on any atom is -0.437 e. The first-order valence-electron chi connectivity index (χ1n) is 16.2. The first-order chi connectivity index (χ1) is 22.3. The summed E-state index contributed by atoms with van der Waals surface area (Å²) in [6, 6.07) is -0.762. The average molecular weight is 661 g/mol. The van der Waals surface area contributed by atoms with Crippen LogP contribution in [0.4, 0.5) is 9.59 Å². The summed E-state index contributed by atoms with van der Waals surface area (Å²) in [5, 5.41) is 9.88. The molecule has 16 heteroatoms. The minimum atomic E-state index is -1.54. The topological polar surface area (TPSA) is 186 Å². The van der Waals surface area contributed by atoms with E-state index in [1.807, 2.05) is 6.92 Å². The van der Waals surface area contributed by atoms with Crippen molar-refractivity contribution >= 4 is 30.0 Å². The van der Waals surface area contributed by atoms with Gasteiger partial charge in [0.25, 0.3) is 6.48 Å². The molecule has 0 aromatic carbocycles. The number of carbonyl (C=O) groups is 5. The lowest BCUT2D eigenvalue weighted by Crippen LogP contribution is -2.41. The van der Waals surface area contributed by atoms with Crippen molar-refractivity contribution in [3.8, 4) is 0 Å². The third-order valence-electron chi connectivity index (χ3n) is 7.81. The van der Waals surface area contributed by atoms with E-state index >= 15 is 0 Å². The molecule has 3 fully saturated rings. The maximum absolute atomic E-state index is 12.9. The van der Waals surface area contributed by atoms with Crippen LogP contribution in [-0.2, 0) is 52.3 Å². The molecular formula is C30H48N2O14. The van der Waals surface area contributed by atoms with Crippen molar-refractivity contribution in [2.24, 2.45) is 0 Å². The van der Waals surface area contributed by atoms with Gasteiger partial charge < -0.3 is 43.2 Å². The van der Waals surface area contributed by atoms with Gasteiger partial charge in [0, 0.05) is 52.0 Å². The molecule has 0 aromatic rings. The highest BCUT2D eigenvalue weighted by Crippen LogP contribution is 2.21. The molecule has 0 bridgehead atoms. The molecule has 16 nitrogen and oxygen atoms in total. The Labute approximate surface area is 268 Å². The van der Waals surface area contributed by atoms with Gasteiger partial charge in [0.2, 0.25) is 18.6 Å². The molecule has 0 saturated carbocycles. The van der Waals surface area contributed by atoms with Crippen LogP contribution in [0.1, 0.15) is 84.0 Å². The third-order valence-corrected chi connectivity index (χ3v) is 7.81. The Kier molecular flexibility index (Phi) is 17.0. The fourth-order valence-corrected chi connectivity index (χ4v) is 5.21. The summed E-state index contributed by atoms with van der Waals surface area (Å²) in [6.07, 6.45) is 3.10. The molecule has 0 spiro atoms. The van der Waals surface area contributed by atoms with Crippen LogP contribution in [0, 0.1) is 0 Å². The number of unbranched alkanes of at least 4 members (excludes halogenated alkanes) is 2. The van der Waals surface area contributed by atoms with Crippen LogP contribution in [0.2, 0.25) is 0 Å². The Morgan fingerprint density at radius 1 is 0.848 bits per heavy atom. The number of aliphatic hydroxyl groups excluding tert-OH is 1. The van der Waals surface area contributed by atoms with Crippen molar-refractivity contribution in [1.82, 2.24) is 9.80 Å². The smallest absolute Gasteiger partial charge is 0.437 e. The van der Waals surface area contributed by atoms with Gasteiger partial charge in [-0.25, -0.2) is 19.3 Å². The Morgan fingerprint density at radius 3 is 2.22 bits per heavy atom. The number of nitrogens with zero attached hydrogens (tertiary/aromatic N) is 2. The average Bonchev–Trinajstić information content (AvgIpc) is 3.55. The molecule has 262 valence electrons. The number of imide groups is 1. The lowest BCUT2D eigenvalue weighted by atomic mass is 10.1. The number of aliphatic hydroxyl groups is 1. The number of hydrogen-bond donors (Lipinski definition) is 1. The minimum absolute atomic E-state index is 0.000167. The van der Waals surface area contributed by atoms with E-state index in [-0.39, 0.29) is 37.5 Å². The van der Waals surface area contributed by atoms with Gasteiger partial charge >= 0.3 is 18.2 Å². The second-order valence-corrected chi connectivity index (χ2v) is 11.2. The Hall–Kier alpha value is -3.05. The standard InChI is InChI=1S/C30H48N2O14/c1-2-3-14-32(28(36)42-21-44-30(38)46-23-12-18-40-19-13-23)26(34)9-5-4-8-25(33)31-15-6-7-24(31)27(35)41-20-43-29(37)45-22-10-16-39-17-11-22/h22-24,29,37H,2-21H2,1H3/t24-,29?/m1/s1. The van der Waals surface area contributed by atoms with Crippen LogP contribution in [0.15, 0.2) is 0 Å². The van der Waals surface area contributed by atoms with Gasteiger partial charge in [-0.15, -0.1) is 0 Å². The summed E-state index contributed by atoms with van der Waals surface area (Å²) in [5.41, 5.74) is 0. The maximum atomic E-state index is 12.9. The van der Waals surface area contributed by atoms with Crippen molar-refractivity contribution in [2.45, 2.75) is 109 Å². The molecule has 3 amide bonds. The first-order valence-corrected chi connectivity index (χ1v) is 16.2. The Morgan fingerprint density at radius 2 is 1.52 bits per heavy atom. The van der Waals surface area contributed by atoms with Crippen molar-refractivity contribution in [1.29, 1.82) is 0 Å². The molecular weight excluding hydrogens is 612 g/mol. The van der Waals surface area contributed by atoms with Crippen LogP contribution in [0.3, 0.4) is 0 Å². The lowest BCUT2D eigenvalue weighted by molar-refractivity contribution is -0.308. The number of amides is 3. The number of esters is 1. The molecule has 1 unspecified atom stereocenters. The van der Waals surface area contributed by atoms with Crippen molar-refractivity contribution in [3.05, 3.63) is 0 Å². The molecule has 3 saturated heterocycles. The zero-order valence-corrected chi connectivity index (χ0v) is 26.6. The zero-order valence-electron chi connectivity index (χ0n) is 26.6. The molecule has 3 aliphatic heterocycles. The molecule has 3 heterocycles. The van der Waals surface area contributed by atoms with Crippen molar-refractivity contribution in [2.75, 3.05) is 53.1 Å². The van der Waals surface area contributed by atoms with E-state index in [4.69, 9.17) is 37.9 Å². The summed E-state index contributed by atoms with van der Waals surface area (Å²) in [6.45, 7) is 1.74. The third kappa shape index (κ3) is 13.4. The van der Waals surface area contributed by atoms with Crippen LogP contribution in [0.5, 0.6) is 0 Å². The van der Waals surface area contributed by atoms with E-state index < -0.39 is 50.2 Å². The lowest BCUT2D eigenvalue weighted by Gasteiger charge is -2.25. The first kappa shape index (κ1) is 37.4. The van der Waals surface area contributed by atoms with E-state index in [2.05, 4.69) is 0 Å².